The summed E-state index contributed by atoms with van der Waals surface area (Å²) in [6, 6.07) is 3.81. The Morgan fingerprint density at radius 1 is 1.14 bits per heavy atom. The number of aliphatic carboxylic acids is 2. The van der Waals surface area contributed by atoms with Crippen molar-refractivity contribution in [3.8, 4) is 0 Å². The summed E-state index contributed by atoms with van der Waals surface area (Å²) in [4.78, 5) is 53.3. The second-order valence-corrected chi connectivity index (χ2v) is 8.01. The van der Waals surface area contributed by atoms with Crippen LogP contribution in [0.15, 0.2) is 24.4 Å². The smallest absolute Gasteiger partial charge is 0.326 e. The van der Waals surface area contributed by atoms with Crippen LogP contribution in [0.2, 0.25) is 0 Å². The summed E-state index contributed by atoms with van der Waals surface area (Å²) in [5.41, 5.74) is 14.6. The number of nitrogens with zero attached hydrogens (tertiary/aromatic N) is 5. The highest BCUT2D eigenvalue weighted by molar-refractivity contribution is 5.97. The molecule has 0 fully saturated rings. The Kier molecular flexibility index (Phi) is 7.59. The number of rotatable bonds is 10. The molecule has 1 atom stereocenters. The Morgan fingerprint density at radius 3 is 2.54 bits per heavy atom. The van der Waals surface area contributed by atoms with Crippen LogP contribution in [0, 0.1) is 6.92 Å². The molecule has 2 aromatic heterocycles. The largest absolute Gasteiger partial charge is 0.481 e. The van der Waals surface area contributed by atoms with Crippen LogP contribution in [-0.2, 0) is 16.1 Å². The number of carboxylic acids is 2. The van der Waals surface area contributed by atoms with Crippen LogP contribution in [0.25, 0.3) is 11.2 Å². The lowest BCUT2D eigenvalue weighted by Gasteiger charge is -2.22. The van der Waals surface area contributed by atoms with Crippen molar-refractivity contribution in [2.24, 2.45) is 0 Å². The zero-order valence-electron chi connectivity index (χ0n) is 19.2. The van der Waals surface area contributed by atoms with Crippen molar-refractivity contribution >= 4 is 46.5 Å². The zero-order valence-corrected chi connectivity index (χ0v) is 19.2. The molecule has 0 bridgehead atoms. The minimum Gasteiger partial charge on any atom is -0.481 e. The molecule has 0 saturated heterocycles. The highest BCUT2D eigenvalue weighted by Crippen LogP contribution is 2.23. The summed E-state index contributed by atoms with van der Waals surface area (Å²) in [5, 5.41) is 20.5. The van der Waals surface area contributed by atoms with Crippen LogP contribution < -0.4 is 21.7 Å². The quantitative estimate of drug-likeness (QED) is 0.273. The first-order valence-corrected chi connectivity index (χ1v) is 10.7. The Hall–Kier alpha value is -4.55. The maximum Gasteiger partial charge on any atom is 0.326 e. The van der Waals surface area contributed by atoms with Crippen molar-refractivity contribution in [3.05, 3.63) is 41.2 Å². The Bertz CT molecular complexity index is 1280. The van der Waals surface area contributed by atoms with E-state index in [4.69, 9.17) is 16.6 Å². The van der Waals surface area contributed by atoms with Crippen molar-refractivity contribution in [2.75, 3.05) is 23.4 Å². The maximum absolute atomic E-state index is 12.6. The predicted molar refractivity (Wildman–Crippen MR) is 128 cm³/mol. The lowest BCUT2D eigenvalue weighted by Crippen LogP contribution is -2.40. The average molecular weight is 483 g/mol. The number of nitrogen functional groups attached to an aromatic ring is 2. The number of amides is 1. The van der Waals surface area contributed by atoms with Crippen LogP contribution in [-0.4, -0.2) is 61.1 Å². The van der Waals surface area contributed by atoms with Crippen molar-refractivity contribution in [1.82, 2.24) is 25.3 Å². The molecular formula is C22H26N8O5. The van der Waals surface area contributed by atoms with Gasteiger partial charge in [-0.3, -0.25) is 9.59 Å². The number of anilines is 3. The molecular weight excluding hydrogens is 456 g/mol. The van der Waals surface area contributed by atoms with Crippen LogP contribution in [0.4, 0.5) is 17.5 Å². The van der Waals surface area contributed by atoms with Crippen molar-refractivity contribution in [2.45, 2.75) is 38.8 Å². The van der Waals surface area contributed by atoms with Crippen molar-refractivity contribution in [1.29, 1.82) is 0 Å². The van der Waals surface area contributed by atoms with Gasteiger partial charge in [-0.05, 0) is 43.5 Å². The number of benzene rings is 1. The molecule has 2 heterocycles. The number of aryl methyl sites for hydroxylation is 1. The van der Waals surface area contributed by atoms with Gasteiger partial charge in [-0.25, -0.2) is 14.8 Å². The molecule has 3 aromatic rings. The number of hydrogen-bond acceptors (Lipinski definition) is 10. The third kappa shape index (κ3) is 6.28. The first kappa shape index (κ1) is 25.1. The summed E-state index contributed by atoms with van der Waals surface area (Å²) in [6.45, 7) is 2.20. The summed E-state index contributed by atoms with van der Waals surface area (Å²) in [5.74, 6) is -2.64. The van der Waals surface area contributed by atoms with E-state index >= 15 is 0 Å². The number of carbonyl (C=O) groups is 3. The summed E-state index contributed by atoms with van der Waals surface area (Å²) >= 11 is 0. The molecule has 1 amide bonds. The number of aromatic nitrogens is 4. The summed E-state index contributed by atoms with van der Waals surface area (Å²) in [6.07, 6.45) is 1.55. The summed E-state index contributed by atoms with van der Waals surface area (Å²) in [7, 11) is 1.85. The molecule has 35 heavy (non-hydrogen) atoms. The normalized spacial score (nSPS) is 11.7. The number of nitrogens with two attached hydrogens (primary N) is 2. The van der Waals surface area contributed by atoms with Crippen molar-refractivity contribution in [3.63, 3.8) is 0 Å². The number of carboxylic acid groups (broad SMARTS) is 2. The fraction of sp³-hybridized carbons (Fsp3) is 0.318. The Labute approximate surface area is 200 Å². The SMILES string of the molecule is Cc1cc(C(=O)N[C@@H](CCCC(=O)O)C(=O)O)ccc1N(C)Cc1cnc2nc(N)nc(N)c2n1. The Morgan fingerprint density at radius 2 is 1.89 bits per heavy atom. The van der Waals surface area contributed by atoms with Gasteiger partial charge >= 0.3 is 11.9 Å². The van der Waals surface area contributed by atoms with E-state index in [9.17, 15) is 19.5 Å². The topological polar surface area (TPSA) is 211 Å². The second-order valence-electron chi connectivity index (χ2n) is 8.01. The van der Waals surface area contributed by atoms with E-state index in [2.05, 4.69) is 25.3 Å². The standard InChI is InChI=1S/C22H26N8O5/c1-11-8-12(20(33)27-14(21(34)35)4-3-5-16(31)32)6-7-15(11)30(2)10-13-9-25-19-17(26-13)18(23)28-22(24)29-19/h6-9,14H,3-5,10H2,1-2H3,(H,27,33)(H,31,32)(H,34,35)(H4,23,24,25,28,29)/t14-/m0/s1. The van der Waals surface area contributed by atoms with E-state index in [0.717, 1.165) is 11.3 Å². The van der Waals surface area contributed by atoms with E-state index in [0.29, 0.717) is 23.4 Å². The molecule has 0 unspecified atom stereocenters. The van der Waals surface area contributed by atoms with Crippen molar-refractivity contribution < 1.29 is 24.6 Å². The lowest BCUT2D eigenvalue weighted by molar-refractivity contribution is -0.140. The fourth-order valence-corrected chi connectivity index (χ4v) is 3.57. The number of hydrogen-bond donors (Lipinski definition) is 5. The van der Waals surface area contributed by atoms with Gasteiger partial charge in [-0.15, -0.1) is 0 Å². The molecule has 0 aliphatic rings. The van der Waals surface area contributed by atoms with E-state index in [-0.39, 0.29) is 36.6 Å². The van der Waals surface area contributed by atoms with E-state index in [1.807, 2.05) is 18.9 Å². The molecule has 13 heteroatoms. The first-order valence-electron chi connectivity index (χ1n) is 10.7. The molecule has 0 aliphatic carbocycles. The fourth-order valence-electron chi connectivity index (χ4n) is 3.57. The highest BCUT2D eigenvalue weighted by atomic mass is 16.4. The minimum absolute atomic E-state index is 0.0160. The Balaban J connectivity index is 1.71. The van der Waals surface area contributed by atoms with E-state index in [1.54, 1.807) is 24.4 Å². The van der Waals surface area contributed by atoms with Gasteiger partial charge in [0, 0.05) is 24.7 Å². The lowest BCUT2D eigenvalue weighted by atomic mass is 10.1. The van der Waals surface area contributed by atoms with Crippen LogP contribution in [0.3, 0.4) is 0 Å². The molecule has 13 nitrogen and oxygen atoms in total. The molecule has 0 aliphatic heterocycles. The van der Waals surface area contributed by atoms with Gasteiger partial charge in [0.05, 0.1) is 18.4 Å². The first-order chi connectivity index (χ1) is 16.5. The number of fused-ring (bicyclic) bond motifs is 1. The van der Waals surface area contributed by atoms with Gasteiger partial charge in [0.15, 0.2) is 17.0 Å². The third-order valence-electron chi connectivity index (χ3n) is 5.26. The van der Waals surface area contributed by atoms with Gasteiger partial charge in [-0.2, -0.15) is 9.97 Å². The number of carbonyl (C=O) groups excluding carboxylic acids is 1. The van der Waals surface area contributed by atoms with E-state index in [1.165, 1.54) is 0 Å². The predicted octanol–water partition coefficient (Wildman–Crippen LogP) is 0.967. The minimum atomic E-state index is -1.22. The molecule has 7 N–H and O–H groups in total. The zero-order chi connectivity index (χ0) is 25.7. The molecule has 3 rings (SSSR count). The van der Waals surface area contributed by atoms with Gasteiger partial charge in [0.25, 0.3) is 5.91 Å². The highest BCUT2D eigenvalue weighted by Gasteiger charge is 2.21. The van der Waals surface area contributed by atoms with Crippen LogP contribution in [0.1, 0.15) is 40.9 Å². The molecule has 0 saturated carbocycles. The third-order valence-corrected chi connectivity index (χ3v) is 5.26. The number of nitrogens with one attached hydrogen (secondary N) is 1. The molecule has 1 aromatic carbocycles. The van der Waals surface area contributed by atoms with Gasteiger partial charge in [0.1, 0.15) is 6.04 Å². The van der Waals surface area contributed by atoms with E-state index < -0.39 is 23.9 Å². The van der Waals surface area contributed by atoms with Gasteiger partial charge in [-0.1, -0.05) is 0 Å². The molecule has 184 valence electrons. The molecule has 0 spiro atoms. The molecule has 0 radical (unpaired) electrons. The van der Waals surface area contributed by atoms with Crippen LogP contribution in [0.5, 0.6) is 0 Å². The maximum atomic E-state index is 12.6. The van der Waals surface area contributed by atoms with Crippen LogP contribution >= 0.6 is 0 Å². The monoisotopic (exact) mass is 482 g/mol. The second kappa shape index (κ2) is 10.6. The average Bonchev–Trinajstić information content (AvgIpc) is 2.78. The summed E-state index contributed by atoms with van der Waals surface area (Å²) < 4.78 is 0. The van der Waals surface area contributed by atoms with Gasteiger partial charge < -0.3 is 31.9 Å². The van der Waals surface area contributed by atoms with Gasteiger partial charge in [0.2, 0.25) is 5.95 Å².